The number of para-hydroxylation sites is 1. The lowest BCUT2D eigenvalue weighted by molar-refractivity contribution is 0.0663. The van der Waals surface area contributed by atoms with Crippen molar-refractivity contribution in [3.05, 3.63) is 35.0 Å². The second kappa shape index (κ2) is 5.11. The van der Waals surface area contributed by atoms with Crippen LogP contribution in [0.4, 0.5) is 0 Å². The number of rotatable bonds is 4. The summed E-state index contributed by atoms with van der Waals surface area (Å²) in [5.74, 6) is 0. The van der Waals surface area contributed by atoms with Gasteiger partial charge in [0.05, 0.1) is 23.3 Å². The van der Waals surface area contributed by atoms with Gasteiger partial charge in [-0.15, -0.1) is 0 Å². The number of fused-ring (bicyclic) bond motifs is 1. The summed E-state index contributed by atoms with van der Waals surface area (Å²) >= 11 is 6.26. The first kappa shape index (κ1) is 12.5. The van der Waals surface area contributed by atoms with Crippen molar-refractivity contribution in [2.24, 2.45) is 0 Å². The van der Waals surface area contributed by atoms with Gasteiger partial charge in [0.15, 0.2) is 0 Å². The Morgan fingerprint density at radius 1 is 1.35 bits per heavy atom. The molecule has 0 saturated heterocycles. The molecule has 0 aliphatic heterocycles. The van der Waals surface area contributed by atoms with E-state index in [0.717, 1.165) is 17.1 Å². The molecule has 0 bridgehead atoms. The first-order valence-electron chi connectivity index (χ1n) is 6.01. The number of aryl methyl sites for hydroxylation is 1. The van der Waals surface area contributed by atoms with Gasteiger partial charge < -0.3 is 9.30 Å². The Kier molecular flexibility index (Phi) is 3.75. The summed E-state index contributed by atoms with van der Waals surface area (Å²) in [7, 11) is 0. The molecule has 1 heterocycles. The second-order valence-electron chi connectivity index (χ2n) is 4.44. The van der Waals surface area contributed by atoms with Crippen LogP contribution < -0.4 is 0 Å². The SMILES string of the molecule is CCn1cc(COC(C)C)c2cccc(Cl)c21. The number of hydrogen-bond acceptors (Lipinski definition) is 1. The maximum atomic E-state index is 6.26. The van der Waals surface area contributed by atoms with Crippen molar-refractivity contribution in [2.45, 2.75) is 40.0 Å². The average Bonchev–Trinajstić information content (AvgIpc) is 2.66. The van der Waals surface area contributed by atoms with E-state index in [0.29, 0.717) is 6.61 Å². The third-order valence-electron chi connectivity index (χ3n) is 2.84. The summed E-state index contributed by atoms with van der Waals surface area (Å²) in [5.41, 5.74) is 2.32. The fourth-order valence-electron chi connectivity index (χ4n) is 2.01. The molecule has 2 nitrogen and oxygen atoms in total. The molecule has 0 spiro atoms. The molecule has 17 heavy (non-hydrogen) atoms. The van der Waals surface area contributed by atoms with Gasteiger partial charge in [-0.3, -0.25) is 0 Å². The highest BCUT2D eigenvalue weighted by Crippen LogP contribution is 2.28. The molecule has 0 radical (unpaired) electrons. The van der Waals surface area contributed by atoms with Crippen LogP contribution in [0.25, 0.3) is 10.9 Å². The third-order valence-corrected chi connectivity index (χ3v) is 3.15. The zero-order valence-corrected chi connectivity index (χ0v) is 11.3. The van der Waals surface area contributed by atoms with E-state index in [2.05, 4.69) is 23.8 Å². The predicted octanol–water partition coefficient (Wildman–Crippen LogP) is 4.24. The molecule has 2 aromatic rings. The van der Waals surface area contributed by atoms with E-state index in [1.54, 1.807) is 0 Å². The number of benzene rings is 1. The standard InChI is InChI=1S/C14H18ClNO/c1-4-16-8-11(9-17-10(2)3)12-6-5-7-13(15)14(12)16/h5-8,10H,4,9H2,1-3H3. The van der Waals surface area contributed by atoms with Gasteiger partial charge in [-0.05, 0) is 26.8 Å². The Bertz CT molecular complexity index is 516. The van der Waals surface area contributed by atoms with E-state index in [-0.39, 0.29) is 6.10 Å². The molecule has 0 aliphatic rings. The van der Waals surface area contributed by atoms with E-state index in [9.17, 15) is 0 Å². The van der Waals surface area contributed by atoms with E-state index in [1.807, 2.05) is 26.0 Å². The Labute approximate surface area is 107 Å². The maximum Gasteiger partial charge on any atom is 0.0741 e. The van der Waals surface area contributed by atoms with Crippen molar-refractivity contribution in [2.75, 3.05) is 0 Å². The maximum absolute atomic E-state index is 6.26. The summed E-state index contributed by atoms with van der Waals surface area (Å²) in [4.78, 5) is 0. The van der Waals surface area contributed by atoms with Crippen molar-refractivity contribution in [1.82, 2.24) is 4.57 Å². The second-order valence-corrected chi connectivity index (χ2v) is 4.84. The largest absolute Gasteiger partial charge is 0.374 e. The summed E-state index contributed by atoms with van der Waals surface area (Å²) in [5, 5.41) is 2.00. The van der Waals surface area contributed by atoms with Crippen molar-refractivity contribution in [3.8, 4) is 0 Å². The van der Waals surface area contributed by atoms with Gasteiger partial charge in [0.25, 0.3) is 0 Å². The fourth-order valence-corrected chi connectivity index (χ4v) is 2.29. The molecule has 0 N–H and O–H groups in total. The molecule has 92 valence electrons. The van der Waals surface area contributed by atoms with Gasteiger partial charge >= 0.3 is 0 Å². The van der Waals surface area contributed by atoms with Crippen molar-refractivity contribution in [1.29, 1.82) is 0 Å². The van der Waals surface area contributed by atoms with Crippen molar-refractivity contribution < 1.29 is 4.74 Å². The smallest absolute Gasteiger partial charge is 0.0741 e. The van der Waals surface area contributed by atoms with Crippen molar-refractivity contribution in [3.63, 3.8) is 0 Å². The van der Waals surface area contributed by atoms with E-state index >= 15 is 0 Å². The molecular formula is C14H18ClNO. The van der Waals surface area contributed by atoms with Crippen LogP contribution in [-0.4, -0.2) is 10.7 Å². The van der Waals surface area contributed by atoms with Crippen LogP contribution in [0.5, 0.6) is 0 Å². The number of ether oxygens (including phenoxy) is 1. The fraction of sp³-hybridized carbons (Fsp3) is 0.429. The zero-order chi connectivity index (χ0) is 12.4. The first-order valence-corrected chi connectivity index (χ1v) is 6.39. The number of aromatic nitrogens is 1. The third kappa shape index (κ3) is 2.48. The summed E-state index contributed by atoms with van der Waals surface area (Å²) in [6.07, 6.45) is 2.38. The molecule has 1 aromatic carbocycles. The minimum atomic E-state index is 0.245. The minimum absolute atomic E-state index is 0.245. The van der Waals surface area contributed by atoms with E-state index < -0.39 is 0 Å². The van der Waals surface area contributed by atoms with Crippen LogP contribution in [0.3, 0.4) is 0 Å². The summed E-state index contributed by atoms with van der Waals surface area (Å²) in [6.45, 7) is 7.78. The molecule has 0 saturated carbocycles. The highest BCUT2D eigenvalue weighted by atomic mass is 35.5. The number of hydrogen-bond donors (Lipinski definition) is 0. The van der Waals surface area contributed by atoms with E-state index in [1.165, 1.54) is 10.9 Å². The lowest BCUT2D eigenvalue weighted by atomic mass is 10.2. The van der Waals surface area contributed by atoms with Crippen LogP contribution in [0, 0.1) is 0 Å². The van der Waals surface area contributed by atoms with Gasteiger partial charge in [0.1, 0.15) is 0 Å². The van der Waals surface area contributed by atoms with Crippen LogP contribution in [0.2, 0.25) is 5.02 Å². The van der Waals surface area contributed by atoms with Gasteiger partial charge in [-0.1, -0.05) is 23.7 Å². The zero-order valence-electron chi connectivity index (χ0n) is 10.5. The Morgan fingerprint density at radius 2 is 2.12 bits per heavy atom. The average molecular weight is 252 g/mol. The predicted molar refractivity (Wildman–Crippen MR) is 72.5 cm³/mol. The molecule has 3 heteroatoms. The number of halogens is 1. The molecule has 0 amide bonds. The van der Waals surface area contributed by atoms with Crippen LogP contribution >= 0.6 is 11.6 Å². The van der Waals surface area contributed by atoms with Gasteiger partial charge in [-0.25, -0.2) is 0 Å². The quantitative estimate of drug-likeness (QED) is 0.793. The highest BCUT2D eigenvalue weighted by Gasteiger charge is 2.10. The first-order chi connectivity index (χ1) is 8.13. The highest BCUT2D eigenvalue weighted by molar-refractivity contribution is 6.35. The summed E-state index contributed by atoms with van der Waals surface area (Å²) in [6, 6.07) is 6.03. The number of nitrogens with zero attached hydrogens (tertiary/aromatic N) is 1. The van der Waals surface area contributed by atoms with Crippen molar-refractivity contribution >= 4 is 22.5 Å². The van der Waals surface area contributed by atoms with Crippen LogP contribution in [-0.2, 0) is 17.9 Å². The van der Waals surface area contributed by atoms with E-state index in [4.69, 9.17) is 16.3 Å². The summed E-state index contributed by atoms with van der Waals surface area (Å²) < 4.78 is 7.85. The Hall–Kier alpha value is -0.990. The van der Waals surface area contributed by atoms with Gasteiger partial charge in [0.2, 0.25) is 0 Å². The molecule has 0 atom stereocenters. The topological polar surface area (TPSA) is 14.2 Å². The lowest BCUT2D eigenvalue weighted by Gasteiger charge is -2.06. The van der Waals surface area contributed by atoms with Crippen LogP contribution in [0.1, 0.15) is 26.3 Å². The minimum Gasteiger partial charge on any atom is -0.374 e. The molecule has 2 rings (SSSR count). The molecule has 1 aromatic heterocycles. The molecule has 0 unspecified atom stereocenters. The Balaban J connectivity index is 2.46. The van der Waals surface area contributed by atoms with Gasteiger partial charge in [0, 0.05) is 23.7 Å². The monoisotopic (exact) mass is 251 g/mol. The normalized spacial score (nSPS) is 11.6. The molecule has 0 fully saturated rings. The molecule has 0 aliphatic carbocycles. The molecular weight excluding hydrogens is 234 g/mol. The van der Waals surface area contributed by atoms with Gasteiger partial charge in [-0.2, -0.15) is 0 Å². The lowest BCUT2D eigenvalue weighted by Crippen LogP contribution is -2.01. The Morgan fingerprint density at radius 3 is 2.76 bits per heavy atom. The van der Waals surface area contributed by atoms with Crippen LogP contribution in [0.15, 0.2) is 24.4 Å².